The molecule has 1 amide bonds. The van der Waals surface area contributed by atoms with Crippen molar-refractivity contribution in [3.63, 3.8) is 0 Å². The maximum Gasteiger partial charge on any atom is 0.261 e. The van der Waals surface area contributed by atoms with E-state index in [0.29, 0.717) is 22.4 Å². The zero-order valence-electron chi connectivity index (χ0n) is 13.9. The number of anilines is 1. The molecule has 7 heteroatoms. The molecule has 0 aliphatic heterocycles. The molecule has 0 radical (unpaired) electrons. The predicted octanol–water partition coefficient (Wildman–Crippen LogP) is 4.57. The molecule has 1 aliphatic carbocycles. The summed E-state index contributed by atoms with van der Waals surface area (Å²) in [5.41, 5.74) is 0.504. The number of nitrogens with zero attached hydrogens (tertiary/aromatic N) is 2. The Morgan fingerprint density at radius 3 is 2.79 bits per heavy atom. The van der Waals surface area contributed by atoms with Crippen LogP contribution in [0.1, 0.15) is 53.4 Å². The van der Waals surface area contributed by atoms with Crippen LogP contribution in [0.4, 0.5) is 5.13 Å². The van der Waals surface area contributed by atoms with E-state index >= 15 is 0 Å². The van der Waals surface area contributed by atoms with Crippen LogP contribution in [0, 0.1) is 0 Å². The van der Waals surface area contributed by atoms with Gasteiger partial charge < -0.3 is 4.74 Å². The van der Waals surface area contributed by atoms with Crippen LogP contribution in [0.25, 0.3) is 0 Å². The van der Waals surface area contributed by atoms with E-state index in [1.165, 1.54) is 43.4 Å². The van der Waals surface area contributed by atoms with E-state index in [1.807, 2.05) is 18.4 Å². The Morgan fingerprint density at radius 2 is 2.08 bits per heavy atom. The van der Waals surface area contributed by atoms with Crippen molar-refractivity contribution in [1.29, 1.82) is 0 Å². The van der Waals surface area contributed by atoms with Crippen molar-refractivity contribution in [3.8, 4) is 5.75 Å². The maximum atomic E-state index is 12.5. The van der Waals surface area contributed by atoms with Gasteiger partial charge in [-0.2, -0.15) is 0 Å². The first-order chi connectivity index (χ1) is 11.7. The zero-order chi connectivity index (χ0) is 16.9. The van der Waals surface area contributed by atoms with Gasteiger partial charge in [0.25, 0.3) is 5.91 Å². The minimum Gasteiger partial charge on any atom is -0.496 e. The normalized spacial score (nSPS) is 15.2. The molecule has 0 saturated heterocycles. The van der Waals surface area contributed by atoms with Crippen molar-refractivity contribution in [2.45, 2.75) is 42.9 Å². The smallest absolute Gasteiger partial charge is 0.261 e. The second-order valence-corrected chi connectivity index (χ2v) is 7.69. The molecule has 3 rings (SSSR count). The first kappa shape index (κ1) is 17.2. The Balaban J connectivity index is 1.72. The number of thioether (sulfide) groups is 1. The largest absolute Gasteiger partial charge is 0.496 e. The van der Waals surface area contributed by atoms with Gasteiger partial charge in [-0.15, -0.1) is 22.0 Å². The summed E-state index contributed by atoms with van der Waals surface area (Å²) in [6, 6.07) is 5.56. The van der Waals surface area contributed by atoms with Crippen molar-refractivity contribution in [3.05, 3.63) is 28.8 Å². The highest BCUT2D eigenvalue weighted by molar-refractivity contribution is 7.98. The minimum absolute atomic E-state index is 0.217. The maximum absolute atomic E-state index is 12.5. The molecule has 1 N–H and O–H groups in total. The molecule has 24 heavy (non-hydrogen) atoms. The van der Waals surface area contributed by atoms with Crippen LogP contribution in [-0.2, 0) is 0 Å². The van der Waals surface area contributed by atoms with Crippen LogP contribution >= 0.6 is 23.1 Å². The van der Waals surface area contributed by atoms with E-state index in [9.17, 15) is 4.79 Å². The number of amides is 1. The molecule has 2 aromatic rings. The van der Waals surface area contributed by atoms with Crippen LogP contribution in [0.5, 0.6) is 5.75 Å². The van der Waals surface area contributed by atoms with Crippen LogP contribution in [0.15, 0.2) is 23.1 Å². The van der Waals surface area contributed by atoms with Crippen LogP contribution < -0.4 is 10.1 Å². The fourth-order valence-corrected chi connectivity index (χ4v) is 4.29. The number of nitrogens with one attached hydrogen (secondary N) is 1. The second kappa shape index (κ2) is 7.98. The summed E-state index contributed by atoms with van der Waals surface area (Å²) >= 11 is 3.09. The number of carbonyl (C=O) groups is 1. The molecule has 1 aromatic carbocycles. The standard InChI is InChI=1S/C17H21N3O2S2/c1-22-14-10-12(23-2)8-9-13(14)15(21)18-17-20-19-16(24-17)11-6-4-3-5-7-11/h8-11H,3-7H2,1-2H3,(H,18,20,21). The molecule has 1 fully saturated rings. The van der Waals surface area contributed by atoms with E-state index in [-0.39, 0.29) is 5.91 Å². The molecule has 1 aromatic heterocycles. The van der Waals surface area contributed by atoms with Gasteiger partial charge >= 0.3 is 0 Å². The van der Waals surface area contributed by atoms with Crippen molar-refractivity contribution < 1.29 is 9.53 Å². The lowest BCUT2D eigenvalue weighted by molar-refractivity contribution is 0.102. The Kier molecular flexibility index (Phi) is 5.73. The zero-order valence-corrected chi connectivity index (χ0v) is 15.5. The lowest BCUT2D eigenvalue weighted by Gasteiger charge is -2.18. The fourth-order valence-electron chi connectivity index (χ4n) is 2.95. The van der Waals surface area contributed by atoms with Crippen molar-refractivity contribution in [2.24, 2.45) is 0 Å². The van der Waals surface area contributed by atoms with E-state index in [1.54, 1.807) is 24.9 Å². The summed E-state index contributed by atoms with van der Waals surface area (Å²) in [4.78, 5) is 13.6. The Morgan fingerprint density at radius 1 is 1.29 bits per heavy atom. The molecular formula is C17H21N3O2S2. The van der Waals surface area contributed by atoms with Gasteiger partial charge in [-0.1, -0.05) is 30.6 Å². The molecule has 128 valence electrons. The Labute approximate surface area is 150 Å². The van der Waals surface area contributed by atoms with E-state index in [0.717, 1.165) is 9.90 Å². The molecule has 1 saturated carbocycles. The highest BCUT2D eigenvalue weighted by Gasteiger charge is 2.21. The van der Waals surface area contributed by atoms with Crippen molar-refractivity contribution in [2.75, 3.05) is 18.7 Å². The summed E-state index contributed by atoms with van der Waals surface area (Å²) in [7, 11) is 1.57. The quantitative estimate of drug-likeness (QED) is 0.789. The molecule has 0 spiro atoms. The average molecular weight is 364 g/mol. The topological polar surface area (TPSA) is 64.1 Å². The number of benzene rings is 1. The third kappa shape index (κ3) is 3.89. The number of rotatable bonds is 5. The minimum atomic E-state index is -0.217. The van der Waals surface area contributed by atoms with E-state index in [4.69, 9.17) is 4.74 Å². The number of carbonyl (C=O) groups excluding carboxylic acids is 1. The predicted molar refractivity (Wildman–Crippen MR) is 98.5 cm³/mol. The van der Waals surface area contributed by atoms with Crippen molar-refractivity contribution in [1.82, 2.24) is 10.2 Å². The van der Waals surface area contributed by atoms with Crippen LogP contribution in [0.3, 0.4) is 0 Å². The van der Waals surface area contributed by atoms with Crippen LogP contribution in [-0.4, -0.2) is 29.5 Å². The van der Waals surface area contributed by atoms with Gasteiger partial charge in [-0.05, 0) is 37.3 Å². The van der Waals surface area contributed by atoms with Gasteiger partial charge in [-0.25, -0.2) is 0 Å². The molecule has 0 atom stereocenters. The first-order valence-corrected chi connectivity index (χ1v) is 10.1. The highest BCUT2D eigenvalue weighted by atomic mass is 32.2. The molecule has 1 heterocycles. The van der Waals surface area contributed by atoms with Crippen LogP contribution in [0.2, 0.25) is 0 Å². The number of aromatic nitrogens is 2. The van der Waals surface area contributed by atoms with E-state index < -0.39 is 0 Å². The third-order valence-electron chi connectivity index (χ3n) is 4.27. The summed E-state index contributed by atoms with van der Waals surface area (Å²) in [5.74, 6) is 0.847. The lowest BCUT2D eigenvalue weighted by atomic mass is 9.90. The first-order valence-electron chi connectivity index (χ1n) is 8.08. The monoisotopic (exact) mass is 363 g/mol. The van der Waals surface area contributed by atoms with Crippen molar-refractivity contribution >= 4 is 34.1 Å². The summed E-state index contributed by atoms with van der Waals surface area (Å²) < 4.78 is 5.34. The third-order valence-corrected chi connectivity index (χ3v) is 6.00. The second-order valence-electron chi connectivity index (χ2n) is 5.80. The molecule has 1 aliphatic rings. The highest BCUT2D eigenvalue weighted by Crippen LogP contribution is 2.35. The SMILES string of the molecule is COc1cc(SC)ccc1C(=O)Nc1nnc(C2CCCCC2)s1. The number of hydrogen-bond acceptors (Lipinski definition) is 6. The summed E-state index contributed by atoms with van der Waals surface area (Å²) in [6.45, 7) is 0. The lowest BCUT2D eigenvalue weighted by Crippen LogP contribution is -2.13. The summed E-state index contributed by atoms with van der Waals surface area (Å²) in [5, 5.41) is 12.9. The molecular weight excluding hydrogens is 342 g/mol. The number of hydrogen-bond donors (Lipinski definition) is 1. The Bertz CT molecular complexity index is 712. The molecule has 0 bridgehead atoms. The van der Waals surface area contributed by atoms with Gasteiger partial charge in [0.05, 0.1) is 12.7 Å². The van der Waals surface area contributed by atoms with Gasteiger partial charge in [-0.3, -0.25) is 10.1 Å². The van der Waals surface area contributed by atoms with Gasteiger partial charge in [0.1, 0.15) is 10.8 Å². The summed E-state index contributed by atoms with van der Waals surface area (Å²) in [6.07, 6.45) is 8.15. The fraction of sp³-hybridized carbons (Fsp3) is 0.471. The number of ether oxygens (including phenoxy) is 1. The Hall–Kier alpha value is -1.60. The molecule has 5 nitrogen and oxygen atoms in total. The van der Waals surface area contributed by atoms with Gasteiger partial charge in [0.15, 0.2) is 0 Å². The molecule has 0 unspecified atom stereocenters. The number of methoxy groups -OCH3 is 1. The van der Waals surface area contributed by atoms with Gasteiger partial charge in [0, 0.05) is 10.8 Å². The van der Waals surface area contributed by atoms with E-state index in [2.05, 4.69) is 15.5 Å². The van der Waals surface area contributed by atoms with Gasteiger partial charge in [0.2, 0.25) is 5.13 Å². The average Bonchev–Trinajstić information content (AvgIpc) is 3.10.